The van der Waals surface area contributed by atoms with E-state index >= 15 is 0 Å². The Morgan fingerprint density at radius 2 is 1.83 bits per heavy atom. The maximum absolute atomic E-state index is 12.4. The molecule has 0 atom stereocenters. The third-order valence-corrected chi connectivity index (χ3v) is 3.21. The maximum atomic E-state index is 12.4. The molecule has 0 bridgehead atoms. The minimum Gasteiger partial charge on any atom is -0.492 e. The smallest absolute Gasteiger partial charge is 0.416 e. The summed E-state index contributed by atoms with van der Waals surface area (Å²) < 4.78 is 42.6. The third-order valence-electron chi connectivity index (χ3n) is 3.21. The molecule has 0 fully saturated rings. The van der Waals surface area contributed by atoms with Gasteiger partial charge in [0.25, 0.3) is 5.91 Å². The van der Waals surface area contributed by atoms with Crippen LogP contribution in [0.4, 0.5) is 13.2 Å². The van der Waals surface area contributed by atoms with Crippen LogP contribution in [0.5, 0.6) is 5.75 Å². The van der Waals surface area contributed by atoms with Gasteiger partial charge in [-0.05, 0) is 42.0 Å². The fourth-order valence-electron chi connectivity index (χ4n) is 1.99. The Bertz CT molecular complexity index is 684. The van der Waals surface area contributed by atoms with Gasteiger partial charge in [0.1, 0.15) is 12.4 Å². The first kappa shape index (κ1) is 17.8. The lowest BCUT2D eigenvalue weighted by molar-refractivity contribution is -0.137. The first-order valence-corrected chi connectivity index (χ1v) is 7.18. The van der Waals surface area contributed by atoms with Gasteiger partial charge in [-0.3, -0.25) is 4.79 Å². The van der Waals surface area contributed by atoms with Crippen molar-refractivity contribution in [2.24, 2.45) is 0 Å². The highest BCUT2D eigenvalue weighted by molar-refractivity contribution is 5.94. The number of aliphatic hydroxyl groups is 1. The van der Waals surface area contributed by atoms with E-state index < -0.39 is 11.7 Å². The van der Waals surface area contributed by atoms with E-state index in [0.717, 1.165) is 12.1 Å². The average molecular weight is 339 g/mol. The van der Waals surface area contributed by atoms with Crippen LogP contribution < -0.4 is 10.1 Å². The lowest BCUT2D eigenvalue weighted by atomic mass is 10.1. The summed E-state index contributed by atoms with van der Waals surface area (Å²) in [6.07, 6.45) is -4.38. The summed E-state index contributed by atoms with van der Waals surface area (Å²) in [7, 11) is 0. The molecular weight excluding hydrogens is 323 g/mol. The Kier molecular flexibility index (Phi) is 5.81. The van der Waals surface area contributed by atoms with Crippen molar-refractivity contribution in [3.05, 3.63) is 65.2 Å². The van der Waals surface area contributed by atoms with Crippen molar-refractivity contribution in [1.82, 2.24) is 5.32 Å². The number of hydrogen-bond donors (Lipinski definition) is 2. The summed E-state index contributed by atoms with van der Waals surface area (Å²) in [5.74, 6) is -0.0270. The van der Waals surface area contributed by atoms with Gasteiger partial charge < -0.3 is 15.2 Å². The number of alkyl halides is 3. The molecule has 0 unspecified atom stereocenters. The molecule has 0 heterocycles. The molecule has 2 aromatic rings. The van der Waals surface area contributed by atoms with Crippen molar-refractivity contribution in [3.63, 3.8) is 0 Å². The van der Waals surface area contributed by atoms with Gasteiger partial charge in [-0.1, -0.05) is 12.1 Å². The Morgan fingerprint density at radius 1 is 1.12 bits per heavy atom. The van der Waals surface area contributed by atoms with Crippen LogP contribution in [0.2, 0.25) is 0 Å². The van der Waals surface area contributed by atoms with Gasteiger partial charge in [0, 0.05) is 5.56 Å². The van der Waals surface area contributed by atoms with E-state index in [2.05, 4.69) is 5.32 Å². The monoisotopic (exact) mass is 339 g/mol. The quantitative estimate of drug-likeness (QED) is 0.796. The molecule has 0 saturated heterocycles. The summed E-state index contributed by atoms with van der Waals surface area (Å²) in [6.45, 7) is 0.165. The molecule has 7 heteroatoms. The van der Waals surface area contributed by atoms with E-state index in [1.165, 1.54) is 12.1 Å². The van der Waals surface area contributed by atoms with E-state index in [0.29, 0.717) is 16.9 Å². The van der Waals surface area contributed by atoms with Crippen LogP contribution >= 0.6 is 0 Å². The van der Waals surface area contributed by atoms with Crippen LogP contribution in [0, 0.1) is 0 Å². The van der Waals surface area contributed by atoms with Gasteiger partial charge in [-0.2, -0.15) is 13.2 Å². The Balaban J connectivity index is 1.79. The number of carbonyl (C=O) groups excluding carboxylic acids is 1. The van der Waals surface area contributed by atoms with Crippen LogP contribution in [0.1, 0.15) is 21.5 Å². The maximum Gasteiger partial charge on any atom is 0.416 e. The second kappa shape index (κ2) is 7.83. The van der Waals surface area contributed by atoms with Crippen LogP contribution in [-0.4, -0.2) is 24.2 Å². The van der Waals surface area contributed by atoms with Gasteiger partial charge in [-0.15, -0.1) is 0 Å². The third kappa shape index (κ3) is 4.99. The lowest BCUT2D eigenvalue weighted by Gasteiger charge is -2.10. The molecule has 2 aromatic carbocycles. The molecule has 0 aromatic heterocycles. The van der Waals surface area contributed by atoms with Crippen molar-refractivity contribution >= 4 is 5.91 Å². The molecule has 2 N–H and O–H groups in total. The normalized spacial score (nSPS) is 11.2. The van der Waals surface area contributed by atoms with E-state index in [4.69, 9.17) is 9.84 Å². The number of carbonyl (C=O) groups is 1. The second-order valence-corrected chi connectivity index (χ2v) is 4.98. The van der Waals surface area contributed by atoms with Gasteiger partial charge in [0.05, 0.1) is 18.7 Å². The molecular formula is C17H16F3NO3. The Morgan fingerprint density at radius 3 is 2.46 bits per heavy atom. The number of amides is 1. The van der Waals surface area contributed by atoms with Crippen molar-refractivity contribution in [1.29, 1.82) is 0 Å². The van der Waals surface area contributed by atoms with Crippen LogP contribution in [0.25, 0.3) is 0 Å². The average Bonchev–Trinajstić information content (AvgIpc) is 2.58. The highest BCUT2D eigenvalue weighted by atomic mass is 19.4. The van der Waals surface area contributed by atoms with Crippen LogP contribution in [0.15, 0.2) is 48.5 Å². The summed E-state index contributed by atoms with van der Waals surface area (Å²) in [6, 6.07) is 10.9. The molecule has 0 aliphatic rings. The molecule has 2 rings (SSSR count). The first-order chi connectivity index (χ1) is 11.4. The molecule has 4 nitrogen and oxygen atoms in total. The zero-order valence-electron chi connectivity index (χ0n) is 12.6. The largest absolute Gasteiger partial charge is 0.492 e. The summed E-state index contributed by atoms with van der Waals surface area (Å²) in [5, 5.41) is 11.7. The van der Waals surface area contributed by atoms with E-state index in [1.54, 1.807) is 24.3 Å². The molecule has 0 saturated carbocycles. The molecule has 0 aliphatic heterocycles. The summed E-state index contributed by atoms with van der Waals surface area (Å²) >= 11 is 0. The van der Waals surface area contributed by atoms with Crippen molar-refractivity contribution in [2.45, 2.75) is 12.8 Å². The zero-order valence-corrected chi connectivity index (χ0v) is 12.6. The fourth-order valence-corrected chi connectivity index (χ4v) is 1.99. The van der Waals surface area contributed by atoms with Crippen molar-refractivity contribution in [3.8, 4) is 5.75 Å². The summed E-state index contributed by atoms with van der Waals surface area (Å²) in [4.78, 5) is 11.9. The number of halogens is 3. The number of ether oxygens (including phenoxy) is 1. The number of aliphatic hydroxyl groups excluding tert-OH is 1. The SMILES string of the molecule is O=C(NCCOc1ccc(C(F)(F)F)cc1)c1cccc(CO)c1. The topological polar surface area (TPSA) is 58.6 Å². The van der Waals surface area contributed by atoms with Crippen molar-refractivity contribution in [2.75, 3.05) is 13.2 Å². The predicted octanol–water partition coefficient (Wildman–Crippen LogP) is 3.01. The molecule has 0 spiro atoms. The minimum absolute atomic E-state index is 0.122. The van der Waals surface area contributed by atoms with Crippen LogP contribution in [-0.2, 0) is 12.8 Å². The van der Waals surface area contributed by atoms with Crippen molar-refractivity contribution < 1.29 is 27.8 Å². The first-order valence-electron chi connectivity index (χ1n) is 7.18. The Hall–Kier alpha value is -2.54. The van der Waals surface area contributed by atoms with E-state index in [-0.39, 0.29) is 25.7 Å². The van der Waals surface area contributed by atoms with Gasteiger partial charge in [0.2, 0.25) is 0 Å². The predicted molar refractivity (Wildman–Crippen MR) is 81.6 cm³/mol. The minimum atomic E-state index is -4.38. The lowest BCUT2D eigenvalue weighted by Crippen LogP contribution is -2.28. The molecule has 1 amide bonds. The molecule has 24 heavy (non-hydrogen) atoms. The van der Waals surface area contributed by atoms with Gasteiger partial charge in [0.15, 0.2) is 0 Å². The fraction of sp³-hybridized carbons (Fsp3) is 0.235. The number of benzene rings is 2. The standard InChI is InChI=1S/C17H16F3NO3/c18-17(19,20)14-4-6-15(7-5-14)24-9-8-21-16(23)13-3-1-2-12(10-13)11-22/h1-7,10,22H,8-9,11H2,(H,21,23). The number of nitrogens with one attached hydrogen (secondary N) is 1. The van der Waals surface area contributed by atoms with Gasteiger partial charge >= 0.3 is 6.18 Å². The van der Waals surface area contributed by atoms with Gasteiger partial charge in [-0.25, -0.2) is 0 Å². The van der Waals surface area contributed by atoms with Crippen LogP contribution in [0.3, 0.4) is 0 Å². The Labute approximate surface area is 136 Å². The molecule has 128 valence electrons. The summed E-state index contributed by atoms with van der Waals surface area (Å²) in [5.41, 5.74) is 0.298. The highest BCUT2D eigenvalue weighted by Crippen LogP contribution is 2.30. The number of rotatable bonds is 6. The highest BCUT2D eigenvalue weighted by Gasteiger charge is 2.29. The van der Waals surface area contributed by atoms with E-state index in [9.17, 15) is 18.0 Å². The van der Waals surface area contributed by atoms with E-state index in [1.807, 2.05) is 0 Å². The number of hydrogen-bond acceptors (Lipinski definition) is 3. The molecule has 0 aliphatic carbocycles. The second-order valence-electron chi connectivity index (χ2n) is 4.98. The zero-order chi connectivity index (χ0) is 17.6. The molecule has 0 radical (unpaired) electrons.